The van der Waals surface area contributed by atoms with Crippen LogP contribution in [-0.2, 0) is 0 Å². The molecule has 5 heteroatoms. The molecule has 1 aromatic heterocycles. The third kappa shape index (κ3) is 5.88. The fraction of sp³-hybridized carbons (Fsp3) is 0.562. The third-order valence-electron chi connectivity index (χ3n) is 3.28. The number of hydrogen-bond donors (Lipinski definition) is 2. The molecule has 1 rings (SSSR count). The summed E-state index contributed by atoms with van der Waals surface area (Å²) in [6, 6.07) is 2.37. The predicted molar refractivity (Wildman–Crippen MR) is 87.7 cm³/mol. The molecule has 0 spiro atoms. The van der Waals surface area contributed by atoms with Gasteiger partial charge in [-0.3, -0.25) is 4.79 Å². The Bertz CT molecular complexity index is 526. The van der Waals surface area contributed by atoms with Gasteiger partial charge in [-0.05, 0) is 52.4 Å². The van der Waals surface area contributed by atoms with E-state index in [-0.39, 0.29) is 12.5 Å². The Hall–Kier alpha value is -1.35. The average molecular weight is 308 g/mol. The van der Waals surface area contributed by atoms with Gasteiger partial charge >= 0.3 is 0 Å². The molecule has 0 aliphatic carbocycles. The highest BCUT2D eigenvalue weighted by Gasteiger charge is 2.11. The van der Waals surface area contributed by atoms with Crippen LogP contribution >= 0.6 is 11.3 Å². The second kappa shape index (κ2) is 8.83. The highest BCUT2D eigenvalue weighted by Crippen LogP contribution is 2.20. The van der Waals surface area contributed by atoms with Crippen molar-refractivity contribution in [1.82, 2.24) is 10.2 Å². The Morgan fingerprint density at radius 3 is 2.86 bits per heavy atom. The van der Waals surface area contributed by atoms with Gasteiger partial charge in [-0.1, -0.05) is 11.8 Å². The lowest BCUT2D eigenvalue weighted by Crippen LogP contribution is -2.31. The number of aryl methyl sites for hydroxylation is 1. The number of aliphatic hydroxyl groups is 1. The van der Waals surface area contributed by atoms with E-state index in [1.165, 1.54) is 11.3 Å². The molecule has 0 saturated carbocycles. The molecule has 21 heavy (non-hydrogen) atoms. The van der Waals surface area contributed by atoms with E-state index < -0.39 is 0 Å². The minimum absolute atomic E-state index is 0.0488. The van der Waals surface area contributed by atoms with E-state index >= 15 is 0 Å². The van der Waals surface area contributed by atoms with E-state index in [0.717, 1.165) is 23.4 Å². The number of carbonyl (C=O) groups is 1. The molecule has 1 aromatic rings. The standard InChI is InChI=1S/C16H24N2O2S/c1-12(2)18(4)9-6-8-17-16(20)15-11-13(3)14(21-15)7-5-10-19/h11-12,19H,6,8-10H2,1-4H3,(H,17,20). The zero-order chi connectivity index (χ0) is 15.8. The maximum Gasteiger partial charge on any atom is 0.261 e. The van der Waals surface area contributed by atoms with Gasteiger partial charge in [-0.2, -0.15) is 0 Å². The van der Waals surface area contributed by atoms with Crippen LogP contribution in [0.5, 0.6) is 0 Å². The Morgan fingerprint density at radius 2 is 2.24 bits per heavy atom. The van der Waals surface area contributed by atoms with Crippen LogP contribution in [-0.4, -0.2) is 48.7 Å². The zero-order valence-electron chi connectivity index (χ0n) is 13.2. The minimum atomic E-state index is -0.164. The Morgan fingerprint density at radius 1 is 1.52 bits per heavy atom. The fourth-order valence-corrected chi connectivity index (χ4v) is 2.68. The summed E-state index contributed by atoms with van der Waals surface area (Å²) in [6.45, 7) is 7.71. The van der Waals surface area contributed by atoms with Crippen LogP contribution < -0.4 is 5.32 Å². The van der Waals surface area contributed by atoms with Crippen LogP contribution in [0.25, 0.3) is 0 Å². The Labute approximate surface area is 131 Å². The lowest BCUT2D eigenvalue weighted by molar-refractivity contribution is 0.0955. The molecule has 116 valence electrons. The summed E-state index contributed by atoms with van der Waals surface area (Å²) in [6.07, 6.45) is 0.932. The summed E-state index contributed by atoms with van der Waals surface area (Å²) in [4.78, 5) is 15.8. The topological polar surface area (TPSA) is 52.6 Å². The molecular formula is C16H24N2O2S. The number of amides is 1. The van der Waals surface area contributed by atoms with Gasteiger partial charge in [0.25, 0.3) is 5.91 Å². The van der Waals surface area contributed by atoms with Crippen molar-refractivity contribution in [2.45, 2.75) is 33.2 Å². The van der Waals surface area contributed by atoms with Crippen molar-refractivity contribution in [3.05, 3.63) is 21.4 Å². The highest BCUT2D eigenvalue weighted by atomic mass is 32.1. The van der Waals surface area contributed by atoms with E-state index in [2.05, 4.69) is 43.0 Å². The van der Waals surface area contributed by atoms with Crippen molar-refractivity contribution >= 4 is 17.2 Å². The average Bonchev–Trinajstić information content (AvgIpc) is 2.82. The van der Waals surface area contributed by atoms with Crippen molar-refractivity contribution in [2.75, 3.05) is 26.7 Å². The summed E-state index contributed by atoms with van der Waals surface area (Å²) in [5.74, 6) is 5.43. The molecule has 0 atom stereocenters. The first-order chi connectivity index (χ1) is 9.95. The van der Waals surface area contributed by atoms with Crippen molar-refractivity contribution in [1.29, 1.82) is 0 Å². The van der Waals surface area contributed by atoms with E-state index in [1.807, 2.05) is 13.0 Å². The third-order valence-corrected chi connectivity index (χ3v) is 4.43. The van der Waals surface area contributed by atoms with E-state index in [1.54, 1.807) is 0 Å². The summed E-state index contributed by atoms with van der Waals surface area (Å²) >= 11 is 1.37. The van der Waals surface area contributed by atoms with E-state index in [0.29, 0.717) is 17.5 Å². The molecule has 0 aliphatic rings. The van der Waals surface area contributed by atoms with Crippen LogP contribution in [0.3, 0.4) is 0 Å². The number of hydrogen-bond acceptors (Lipinski definition) is 4. The van der Waals surface area contributed by atoms with Crippen LogP contribution in [0.2, 0.25) is 0 Å². The Balaban J connectivity index is 2.46. The number of thiophene rings is 1. The summed E-state index contributed by atoms with van der Waals surface area (Å²) in [5, 5.41) is 11.6. The van der Waals surface area contributed by atoms with Gasteiger partial charge in [0.15, 0.2) is 0 Å². The molecule has 0 saturated heterocycles. The lowest BCUT2D eigenvalue weighted by Gasteiger charge is -2.20. The molecular weight excluding hydrogens is 284 g/mol. The lowest BCUT2D eigenvalue weighted by atomic mass is 10.2. The molecule has 0 bridgehead atoms. The summed E-state index contributed by atoms with van der Waals surface area (Å²) in [5.41, 5.74) is 0.977. The predicted octanol–water partition coefficient (Wildman–Crippen LogP) is 1.86. The van der Waals surface area contributed by atoms with Gasteiger partial charge in [-0.15, -0.1) is 11.3 Å². The summed E-state index contributed by atoms with van der Waals surface area (Å²) < 4.78 is 0. The van der Waals surface area contributed by atoms with Gasteiger partial charge in [-0.25, -0.2) is 0 Å². The Kier molecular flexibility index (Phi) is 7.44. The van der Waals surface area contributed by atoms with Crippen LogP contribution in [0.1, 0.15) is 40.4 Å². The first kappa shape index (κ1) is 17.7. The van der Waals surface area contributed by atoms with Gasteiger partial charge in [0, 0.05) is 12.6 Å². The largest absolute Gasteiger partial charge is 0.384 e. The molecule has 0 fully saturated rings. The number of rotatable bonds is 6. The zero-order valence-corrected chi connectivity index (χ0v) is 14.0. The van der Waals surface area contributed by atoms with Crippen molar-refractivity contribution in [2.24, 2.45) is 0 Å². The first-order valence-corrected chi connectivity index (χ1v) is 7.96. The van der Waals surface area contributed by atoms with Crippen LogP contribution in [0.4, 0.5) is 0 Å². The van der Waals surface area contributed by atoms with Gasteiger partial charge < -0.3 is 15.3 Å². The maximum absolute atomic E-state index is 12.1. The molecule has 1 heterocycles. The SMILES string of the molecule is Cc1cc(C(=O)NCCCN(C)C(C)C)sc1C#CCO. The van der Waals surface area contributed by atoms with Gasteiger partial charge in [0.1, 0.15) is 6.61 Å². The van der Waals surface area contributed by atoms with Gasteiger partial charge in [0.05, 0.1) is 9.75 Å². The molecule has 1 amide bonds. The monoisotopic (exact) mass is 308 g/mol. The maximum atomic E-state index is 12.1. The second-order valence-electron chi connectivity index (χ2n) is 5.27. The van der Waals surface area contributed by atoms with Crippen LogP contribution in [0, 0.1) is 18.8 Å². The van der Waals surface area contributed by atoms with E-state index in [9.17, 15) is 4.79 Å². The normalized spacial score (nSPS) is 10.6. The molecule has 0 radical (unpaired) electrons. The molecule has 2 N–H and O–H groups in total. The molecule has 4 nitrogen and oxygen atoms in total. The number of aliphatic hydroxyl groups excluding tert-OH is 1. The number of carbonyl (C=O) groups excluding carboxylic acids is 1. The fourth-order valence-electron chi connectivity index (χ4n) is 1.71. The van der Waals surface area contributed by atoms with Crippen molar-refractivity contribution < 1.29 is 9.90 Å². The van der Waals surface area contributed by atoms with Crippen LogP contribution in [0.15, 0.2) is 6.07 Å². The number of nitrogens with one attached hydrogen (secondary N) is 1. The smallest absolute Gasteiger partial charge is 0.261 e. The summed E-state index contributed by atoms with van der Waals surface area (Å²) in [7, 11) is 2.08. The quantitative estimate of drug-likeness (QED) is 0.623. The van der Waals surface area contributed by atoms with E-state index in [4.69, 9.17) is 5.11 Å². The minimum Gasteiger partial charge on any atom is -0.384 e. The van der Waals surface area contributed by atoms with Crippen molar-refractivity contribution in [3.8, 4) is 11.8 Å². The first-order valence-electron chi connectivity index (χ1n) is 7.14. The number of nitrogens with zero attached hydrogens (tertiary/aromatic N) is 1. The molecule has 0 unspecified atom stereocenters. The molecule has 0 aromatic carbocycles. The van der Waals surface area contributed by atoms with Gasteiger partial charge in [0.2, 0.25) is 0 Å². The second-order valence-corrected chi connectivity index (χ2v) is 6.32. The molecule has 0 aliphatic heterocycles. The highest BCUT2D eigenvalue weighted by molar-refractivity contribution is 7.14. The van der Waals surface area contributed by atoms with Crippen molar-refractivity contribution in [3.63, 3.8) is 0 Å².